The first-order chi connectivity index (χ1) is 18.1. The van der Waals surface area contributed by atoms with E-state index in [1.807, 2.05) is 30.3 Å². The molecule has 1 aliphatic rings. The lowest BCUT2D eigenvalue weighted by Gasteiger charge is -2.26. The summed E-state index contributed by atoms with van der Waals surface area (Å²) in [6.45, 7) is 0.413. The predicted molar refractivity (Wildman–Crippen MR) is 157 cm³/mol. The molecule has 0 aromatic heterocycles. The van der Waals surface area contributed by atoms with Gasteiger partial charge in [-0.05, 0) is 53.6 Å². The Morgan fingerprint density at radius 3 is 2.26 bits per heavy atom. The molecule has 1 N–H and O–H groups in total. The van der Waals surface area contributed by atoms with Crippen LogP contribution in [0.3, 0.4) is 0 Å². The summed E-state index contributed by atoms with van der Waals surface area (Å²) in [7, 11) is 1.53. The molecule has 1 unspecified atom stereocenters. The van der Waals surface area contributed by atoms with E-state index in [9.17, 15) is 9.59 Å². The second-order valence-corrected chi connectivity index (χ2v) is 12.1. The number of rotatable bonds is 8. The standard InChI is InChI=1S/C27H21Cl3N2O4S2/c1-35-20-13-9-19(10-14-20)23(33)31-25(27(28,29)30)36-21-11-7-17(8-12-21)15-22-24(34)32(26(37)38-22)16-18-5-3-2-4-6-18/h2-15,25H,16H2,1H3,(H,31,33). The molecule has 3 aromatic carbocycles. The Kier molecular flexibility index (Phi) is 9.23. The van der Waals surface area contributed by atoms with Crippen molar-refractivity contribution >= 4 is 81.0 Å². The van der Waals surface area contributed by atoms with Gasteiger partial charge in [0.05, 0.1) is 18.6 Å². The van der Waals surface area contributed by atoms with Crippen LogP contribution in [0.4, 0.5) is 0 Å². The van der Waals surface area contributed by atoms with Gasteiger partial charge in [-0.1, -0.05) is 101 Å². The number of carbonyl (C=O) groups is 2. The number of hydrogen-bond acceptors (Lipinski definition) is 6. The summed E-state index contributed by atoms with van der Waals surface area (Å²) in [5.74, 6) is 0.319. The molecule has 1 atom stereocenters. The number of nitrogens with one attached hydrogen (secondary N) is 1. The molecule has 0 radical (unpaired) electrons. The van der Waals surface area contributed by atoms with E-state index in [0.717, 1.165) is 11.1 Å². The number of hydrogen-bond donors (Lipinski definition) is 1. The second-order valence-electron chi connectivity index (χ2n) is 8.06. The zero-order valence-electron chi connectivity index (χ0n) is 19.9. The number of halogens is 3. The Hall–Kier alpha value is -2.75. The van der Waals surface area contributed by atoms with Crippen molar-refractivity contribution in [3.8, 4) is 11.5 Å². The molecule has 1 fully saturated rings. The lowest BCUT2D eigenvalue weighted by molar-refractivity contribution is -0.122. The van der Waals surface area contributed by atoms with Crippen LogP contribution in [0.1, 0.15) is 21.5 Å². The highest BCUT2D eigenvalue weighted by Crippen LogP contribution is 2.35. The normalized spacial score (nSPS) is 15.5. The fourth-order valence-electron chi connectivity index (χ4n) is 3.46. The van der Waals surface area contributed by atoms with Gasteiger partial charge in [-0.3, -0.25) is 14.5 Å². The summed E-state index contributed by atoms with van der Waals surface area (Å²) in [6, 6.07) is 22.9. The average Bonchev–Trinajstić information content (AvgIpc) is 3.16. The highest BCUT2D eigenvalue weighted by Gasteiger charge is 2.36. The van der Waals surface area contributed by atoms with E-state index in [2.05, 4.69) is 5.32 Å². The van der Waals surface area contributed by atoms with Gasteiger partial charge < -0.3 is 14.8 Å². The van der Waals surface area contributed by atoms with Gasteiger partial charge in [-0.2, -0.15) is 0 Å². The minimum atomic E-state index is -1.95. The fraction of sp³-hybridized carbons (Fsp3) is 0.148. The topological polar surface area (TPSA) is 67.9 Å². The van der Waals surface area contributed by atoms with E-state index >= 15 is 0 Å². The van der Waals surface area contributed by atoms with Crippen molar-refractivity contribution < 1.29 is 19.1 Å². The Morgan fingerprint density at radius 1 is 1.03 bits per heavy atom. The minimum Gasteiger partial charge on any atom is -0.497 e. The smallest absolute Gasteiger partial charge is 0.266 e. The number of carbonyl (C=O) groups excluding carboxylic acids is 2. The first-order valence-electron chi connectivity index (χ1n) is 11.2. The van der Waals surface area contributed by atoms with Crippen molar-refractivity contribution in [2.45, 2.75) is 16.6 Å². The van der Waals surface area contributed by atoms with Gasteiger partial charge in [-0.25, -0.2) is 0 Å². The molecule has 6 nitrogen and oxygen atoms in total. The number of benzene rings is 3. The summed E-state index contributed by atoms with van der Waals surface area (Å²) in [5, 5.41) is 2.59. The molecule has 2 amide bonds. The number of methoxy groups -OCH3 is 1. The summed E-state index contributed by atoms with van der Waals surface area (Å²) < 4.78 is 9.44. The molecule has 1 saturated heterocycles. The highest BCUT2D eigenvalue weighted by atomic mass is 35.6. The van der Waals surface area contributed by atoms with Gasteiger partial charge in [0, 0.05) is 5.56 Å². The predicted octanol–water partition coefficient (Wildman–Crippen LogP) is 6.60. The largest absolute Gasteiger partial charge is 0.497 e. The van der Waals surface area contributed by atoms with Crippen molar-refractivity contribution in [3.05, 3.63) is 100 Å². The van der Waals surface area contributed by atoms with Crippen molar-refractivity contribution in [2.75, 3.05) is 7.11 Å². The van der Waals surface area contributed by atoms with E-state index in [-0.39, 0.29) is 5.91 Å². The number of amides is 2. The Bertz CT molecular complexity index is 1350. The number of nitrogens with zero attached hydrogens (tertiary/aromatic N) is 1. The third-order valence-corrected chi connectivity index (χ3v) is 7.37. The fourth-order valence-corrected chi connectivity index (χ4v) is 5.01. The van der Waals surface area contributed by atoms with Crippen LogP contribution in [-0.4, -0.2) is 38.2 Å². The van der Waals surface area contributed by atoms with E-state index in [1.54, 1.807) is 59.5 Å². The van der Waals surface area contributed by atoms with Gasteiger partial charge in [0.2, 0.25) is 10.0 Å². The molecule has 3 aromatic rings. The summed E-state index contributed by atoms with van der Waals surface area (Å²) in [6.07, 6.45) is 0.480. The quantitative estimate of drug-likeness (QED) is 0.135. The van der Waals surface area contributed by atoms with Crippen LogP contribution in [0, 0.1) is 0 Å². The zero-order chi connectivity index (χ0) is 27.3. The van der Waals surface area contributed by atoms with Crippen molar-refractivity contribution in [1.82, 2.24) is 10.2 Å². The van der Waals surface area contributed by atoms with Crippen molar-refractivity contribution in [2.24, 2.45) is 0 Å². The van der Waals surface area contributed by atoms with E-state index in [0.29, 0.717) is 32.8 Å². The van der Waals surface area contributed by atoms with Crippen LogP contribution in [0.2, 0.25) is 0 Å². The number of thioether (sulfide) groups is 1. The van der Waals surface area contributed by atoms with Crippen LogP contribution in [0.15, 0.2) is 83.8 Å². The highest BCUT2D eigenvalue weighted by molar-refractivity contribution is 8.26. The molecule has 11 heteroatoms. The van der Waals surface area contributed by atoms with Crippen LogP contribution >= 0.6 is 58.8 Å². The molecule has 0 saturated carbocycles. The molecule has 1 aliphatic heterocycles. The van der Waals surface area contributed by atoms with Gasteiger partial charge >= 0.3 is 0 Å². The number of thiocarbonyl (C=S) groups is 1. The maximum absolute atomic E-state index is 12.9. The molecule has 38 heavy (non-hydrogen) atoms. The maximum atomic E-state index is 12.9. The monoisotopic (exact) mass is 606 g/mol. The molecule has 0 bridgehead atoms. The van der Waals surface area contributed by atoms with E-state index < -0.39 is 15.9 Å². The molecule has 196 valence electrons. The van der Waals surface area contributed by atoms with Gasteiger partial charge in [0.25, 0.3) is 11.8 Å². The lowest BCUT2D eigenvalue weighted by atomic mass is 10.2. The first kappa shape index (κ1) is 28.3. The van der Waals surface area contributed by atoms with E-state index in [4.69, 9.17) is 56.5 Å². The van der Waals surface area contributed by atoms with Gasteiger partial charge in [-0.15, -0.1) is 0 Å². The van der Waals surface area contributed by atoms with Crippen LogP contribution in [0.5, 0.6) is 11.5 Å². The summed E-state index contributed by atoms with van der Waals surface area (Å²) in [4.78, 5) is 27.7. The van der Waals surface area contributed by atoms with E-state index in [1.165, 1.54) is 18.9 Å². The van der Waals surface area contributed by atoms with Crippen LogP contribution in [0.25, 0.3) is 6.08 Å². The first-order valence-corrected chi connectivity index (χ1v) is 13.6. The lowest BCUT2D eigenvalue weighted by Crippen LogP contribution is -2.47. The Labute approximate surface area is 244 Å². The van der Waals surface area contributed by atoms with Gasteiger partial charge in [0.15, 0.2) is 0 Å². The van der Waals surface area contributed by atoms with Crippen LogP contribution in [-0.2, 0) is 11.3 Å². The Balaban J connectivity index is 1.43. The Morgan fingerprint density at radius 2 is 1.66 bits per heavy atom. The number of alkyl halides is 3. The molecular weight excluding hydrogens is 587 g/mol. The second kappa shape index (κ2) is 12.4. The van der Waals surface area contributed by atoms with Crippen LogP contribution < -0.4 is 14.8 Å². The molecule has 0 aliphatic carbocycles. The average molecular weight is 608 g/mol. The molecule has 4 rings (SSSR count). The molecule has 0 spiro atoms. The summed E-state index contributed by atoms with van der Waals surface area (Å²) >= 11 is 24.9. The third kappa shape index (κ3) is 7.21. The molecular formula is C27H21Cl3N2O4S2. The summed E-state index contributed by atoms with van der Waals surface area (Å²) in [5.41, 5.74) is 2.09. The van der Waals surface area contributed by atoms with Crippen molar-refractivity contribution in [3.63, 3.8) is 0 Å². The number of ether oxygens (including phenoxy) is 2. The third-order valence-electron chi connectivity index (χ3n) is 5.40. The zero-order valence-corrected chi connectivity index (χ0v) is 23.8. The van der Waals surface area contributed by atoms with Crippen molar-refractivity contribution in [1.29, 1.82) is 0 Å². The van der Waals surface area contributed by atoms with Gasteiger partial charge in [0.1, 0.15) is 15.8 Å². The minimum absolute atomic E-state index is 0.151. The molecule has 1 heterocycles. The maximum Gasteiger partial charge on any atom is 0.266 e. The SMILES string of the molecule is COc1ccc(C(=O)NC(Oc2ccc(C=C3SC(=S)N(Cc4ccccc4)C3=O)cc2)C(Cl)(Cl)Cl)cc1.